The molecule has 1 aliphatic rings. The van der Waals surface area contributed by atoms with E-state index in [1.165, 1.54) is 6.42 Å². The van der Waals surface area contributed by atoms with Crippen molar-refractivity contribution >= 4 is 40.5 Å². The van der Waals surface area contributed by atoms with Gasteiger partial charge in [0.1, 0.15) is 0 Å². The predicted molar refractivity (Wildman–Crippen MR) is 75.6 cm³/mol. The van der Waals surface area contributed by atoms with Crippen LogP contribution < -0.4 is 5.32 Å². The Balaban J connectivity index is 2.10. The van der Waals surface area contributed by atoms with Gasteiger partial charge in [0.2, 0.25) is 0 Å². The van der Waals surface area contributed by atoms with Gasteiger partial charge in [0.15, 0.2) is 0 Å². The van der Waals surface area contributed by atoms with Crippen LogP contribution in [0, 0.1) is 0 Å². The molecule has 2 rings (SSSR count). The van der Waals surface area contributed by atoms with E-state index in [0.29, 0.717) is 21.1 Å². The third-order valence-electron chi connectivity index (χ3n) is 2.99. The second-order valence-electron chi connectivity index (χ2n) is 4.49. The van der Waals surface area contributed by atoms with Gasteiger partial charge in [-0.05, 0) is 38.6 Å². The Morgan fingerprint density at radius 3 is 2.59 bits per heavy atom. The highest BCUT2D eigenvalue weighted by atomic mass is 35.5. The maximum absolute atomic E-state index is 6.14. The van der Waals surface area contributed by atoms with E-state index in [2.05, 4.69) is 17.3 Å². The molecule has 5 heteroatoms. The number of piperidine rings is 1. The van der Waals surface area contributed by atoms with Crippen LogP contribution >= 0.6 is 34.8 Å². The number of benzene rings is 1. The van der Waals surface area contributed by atoms with Crippen molar-refractivity contribution < 1.29 is 0 Å². The number of hydrogen-bond donors (Lipinski definition) is 1. The van der Waals surface area contributed by atoms with Crippen molar-refractivity contribution in [2.75, 3.05) is 25.5 Å². The molecule has 1 N–H and O–H groups in total. The average Bonchev–Trinajstić information content (AvgIpc) is 2.26. The Hall–Kier alpha value is -0.150. The lowest BCUT2D eigenvalue weighted by Crippen LogP contribution is -2.39. The number of nitrogens with one attached hydrogen (secondary N) is 1. The van der Waals surface area contributed by atoms with Gasteiger partial charge < -0.3 is 10.2 Å². The number of rotatable bonds is 2. The van der Waals surface area contributed by atoms with Crippen LogP contribution in [0.4, 0.5) is 5.69 Å². The normalized spacial score (nSPS) is 21.5. The average molecular weight is 294 g/mol. The lowest BCUT2D eigenvalue weighted by Gasteiger charge is -2.31. The van der Waals surface area contributed by atoms with E-state index in [4.69, 9.17) is 34.8 Å². The Labute approximate surface area is 117 Å². The van der Waals surface area contributed by atoms with E-state index in [1.807, 2.05) is 0 Å². The topological polar surface area (TPSA) is 15.3 Å². The minimum absolute atomic E-state index is 0.420. The highest BCUT2D eigenvalue weighted by Crippen LogP contribution is 2.33. The number of nitrogens with zero attached hydrogens (tertiary/aromatic N) is 1. The predicted octanol–water partition coefficient (Wildman–Crippen LogP) is 4.15. The summed E-state index contributed by atoms with van der Waals surface area (Å²) in [6, 6.07) is 3.89. The monoisotopic (exact) mass is 292 g/mol. The van der Waals surface area contributed by atoms with E-state index in [1.54, 1.807) is 12.1 Å². The second kappa shape index (κ2) is 5.66. The molecule has 1 aromatic rings. The fraction of sp³-hybridized carbons (Fsp3) is 0.500. The second-order valence-corrected chi connectivity index (χ2v) is 5.71. The minimum atomic E-state index is 0.420. The molecule has 2 nitrogen and oxygen atoms in total. The molecule has 1 atom stereocenters. The largest absolute Gasteiger partial charge is 0.380 e. The van der Waals surface area contributed by atoms with Crippen LogP contribution in [0.2, 0.25) is 15.1 Å². The molecule has 1 aliphatic heterocycles. The summed E-state index contributed by atoms with van der Waals surface area (Å²) >= 11 is 18.0. The van der Waals surface area contributed by atoms with Crippen molar-refractivity contribution in [3.63, 3.8) is 0 Å². The van der Waals surface area contributed by atoms with Crippen LogP contribution in [0.1, 0.15) is 12.8 Å². The van der Waals surface area contributed by atoms with Crippen molar-refractivity contribution in [3.05, 3.63) is 27.2 Å². The molecule has 0 bridgehead atoms. The van der Waals surface area contributed by atoms with Gasteiger partial charge in [0.25, 0.3) is 0 Å². The first kappa shape index (κ1) is 13.3. The van der Waals surface area contributed by atoms with E-state index >= 15 is 0 Å². The summed E-state index contributed by atoms with van der Waals surface area (Å²) in [5, 5.41) is 5.07. The molecular formula is C12H15Cl3N2. The van der Waals surface area contributed by atoms with Gasteiger partial charge in [-0.1, -0.05) is 34.8 Å². The summed E-state index contributed by atoms with van der Waals surface area (Å²) in [5.74, 6) is 0. The van der Waals surface area contributed by atoms with Crippen LogP contribution in [0.3, 0.4) is 0 Å². The molecule has 1 unspecified atom stereocenters. The zero-order valence-electron chi connectivity index (χ0n) is 9.64. The van der Waals surface area contributed by atoms with Crippen molar-refractivity contribution in [2.24, 2.45) is 0 Å². The molecule has 0 amide bonds. The van der Waals surface area contributed by atoms with Crippen molar-refractivity contribution in [3.8, 4) is 0 Å². The zero-order valence-corrected chi connectivity index (χ0v) is 11.9. The van der Waals surface area contributed by atoms with Gasteiger partial charge in [-0.15, -0.1) is 0 Å². The summed E-state index contributed by atoms with van der Waals surface area (Å²) in [4.78, 5) is 2.31. The Morgan fingerprint density at radius 2 is 1.88 bits per heavy atom. The lowest BCUT2D eigenvalue weighted by molar-refractivity contribution is 0.261. The van der Waals surface area contributed by atoms with Crippen molar-refractivity contribution in [2.45, 2.75) is 18.9 Å². The van der Waals surface area contributed by atoms with Crippen LogP contribution in [0.15, 0.2) is 12.1 Å². The molecule has 94 valence electrons. The van der Waals surface area contributed by atoms with Crippen LogP contribution in [-0.4, -0.2) is 31.1 Å². The number of likely N-dealkylation sites (tertiary alicyclic amines) is 1. The summed E-state index contributed by atoms with van der Waals surface area (Å²) in [6.07, 6.45) is 2.36. The number of hydrogen-bond acceptors (Lipinski definition) is 2. The number of halogens is 3. The summed E-state index contributed by atoms with van der Waals surface area (Å²) in [5.41, 5.74) is 0.862. The molecule has 0 radical (unpaired) electrons. The van der Waals surface area contributed by atoms with Crippen LogP contribution in [0.25, 0.3) is 0 Å². The highest BCUT2D eigenvalue weighted by molar-refractivity contribution is 6.44. The smallest absolute Gasteiger partial charge is 0.0653 e. The van der Waals surface area contributed by atoms with E-state index in [9.17, 15) is 0 Å². The molecule has 1 heterocycles. The molecule has 17 heavy (non-hydrogen) atoms. The number of anilines is 1. The summed E-state index contributed by atoms with van der Waals surface area (Å²) in [7, 11) is 2.13. The molecule has 0 aliphatic carbocycles. The number of likely N-dealkylation sites (N-methyl/N-ethyl adjacent to an activating group) is 1. The molecule has 1 saturated heterocycles. The van der Waals surface area contributed by atoms with Gasteiger partial charge in [0.05, 0.1) is 20.8 Å². The van der Waals surface area contributed by atoms with E-state index < -0.39 is 0 Å². The maximum atomic E-state index is 6.14. The molecule has 1 fully saturated rings. The minimum Gasteiger partial charge on any atom is -0.380 e. The lowest BCUT2D eigenvalue weighted by atomic mass is 10.1. The summed E-state index contributed by atoms with van der Waals surface area (Å²) in [6.45, 7) is 2.18. The zero-order chi connectivity index (χ0) is 12.4. The highest BCUT2D eigenvalue weighted by Gasteiger charge is 2.18. The SMILES string of the molecule is CN1CCCC(Nc2cc(Cl)c(Cl)cc2Cl)C1. The fourth-order valence-electron chi connectivity index (χ4n) is 2.14. The van der Waals surface area contributed by atoms with Gasteiger partial charge in [-0.3, -0.25) is 0 Å². The molecular weight excluding hydrogens is 279 g/mol. The molecule has 0 saturated carbocycles. The first-order chi connectivity index (χ1) is 8.06. The Kier molecular flexibility index (Phi) is 4.42. The Bertz CT molecular complexity index is 409. The molecule has 1 aromatic carbocycles. The molecule has 0 aromatic heterocycles. The van der Waals surface area contributed by atoms with Gasteiger partial charge in [0, 0.05) is 12.6 Å². The van der Waals surface area contributed by atoms with Crippen LogP contribution in [-0.2, 0) is 0 Å². The van der Waals surface area contributed by atoms with Crippen molar-refractivity contribution in [1.29, 1.82) is 0 Å². The first-order valence-corrected chi connectivity index (χ1v) is 6.79. The van der Waals surface area contributed by atoms with Gasteiger partial charge in [-0.25, -0.2) is 0 Å². The standard InChI is InChI=1S/C12H15Cl3N2/c1-17-4-2-3-8(7-17)16-12-6-10(14)9(13)5-11(12)15/h5-6,8,16H,2-4,7H2,1H3. The van der Waals surface area contributed by atoms with Crippen molar-refractivity contribution in [1.82, 2.24) is 4.90 Å². The Morgan fingerprint density at radius 1 is 1.18 bits per heavy atom. The van der Waals surface area contributed by atoms with Gasteiger partial charge in [-0.2, -0.15) is 0 Å². The summed E-state index contributed by atoms with van der Waals surface area (Å²) < 4.78 is 0. The molecule has 0 spiro atoms. The fourth-order valence-corrected chi connectivity index (χ4v) is 2.74. The van der Waals surface area contributed by atoms with Crippen LogP contribution in [0.5, 0.6) is 0 Å². The first-order valence-electron chi connectivity index (χ1n) is 5.66. The van der Waals surface area contributed by atoms with E-state index in [0.717, 1.165) is 25.2 Å². The third-order valence-corrected chi connectivity index (χ3v) is 4.03. The quantitative estimate of drug-likeness (QED) is 0.824. The third kappa shape index (κ3) is 3.41. The maximum Gasteiger partial charge on any atom is 0.0653 e. The van der Waals surface area contributed by atoms with Gasteiger partial charge >= 0.3 is 0 Å². The van der Waals surface area contributed by atoms with E-state index in [-0.39, 0.29) is 0 Å².